The van der Waals surface area contributed by atoms with Crippen LogP contribution in [0, 0.1) is 17.8 Å². The van der Waals surface area contributed by atoms with Gasteiger partial charge in [-0.15, -0.1) is 0 Å². The van der Waals surface area contributed by atoms with Crippen molar-refractivity contribution in [1.82, 2.24) is 30.2 Å². The first kappa shape index (κ1) is 44.1. The highest BCUT2D eigenvalue weighted by atomic mass is 16.5. The molecule has 9 atom stereocenters. The van der Waals surface area contributed by atoms with Crippen LogP contribution in [-0.2, 0) is 30.3 Å². The summed E-state index contributed by atoms with van der Waals surface area (Å²) in [5.74, 6) is -1.36. The van der Waals surface area contributed by atoms with Gasteiger partial charge >= 0.3 is 6.03 Å². The van der Waals surface area contributed by atoms with E-state index in [1.165, 1.54) is 0 Å². The molecule has 3 N–H and O–H groups in total. The Bertz CT molecular complexity index is 1320. The Kier molecular flexibility index (Phi) is 17.5. The van der Waals surface area contributed by atoms with Gasteiger partial charge in [0.15, 0.2) is 0 Å². The molecule has 2 aliphatic rings. The summed E-state index contributed by atoms with van der Waals surface area (Å²) in [6.45, 7) is 14.2. The molecule has 3 rings (SSSR count). The van der Waals surface area contributed by atoms with E-state index in [1.54, 1.807) is 42.9 Å². The van der Waals surface area contributed by atoms with Crippen molar-refractivity contribution in [2.45, 2.75) is 116 Å². The van der Waals surface area contributed by atoms with E-state index in [-0.39, 0.29) is 60.7 Å². The molecule has 1 aromatic carbocycles. The van der Waals surface area contributed by atoms with E-state index in [9.17, 15) is 24.3 Å². The Morgan fingerprint density at radius 1 is 0.981 bits per heavy atom. The molecule has 0 aromatic heterocycles. The highest BCUT2D eigenvalue weighted by Crippen LogP contribution is 2.30. The highest BCUT2D eigenvalue weighted by Gasteiger charge is 2.43. The monoisotopic (exact) mass is 745 g/mol. The number of carbonyl (C=O) groups excluding carboxylic acids is 4. The summed E-state index contributed by atoms with van der Waals surface area (Å²) in [6, 6.07) is 7.49. The summed E-state index contributed by atoms with van der Waals surface area (Å²) in [5.41, 5.74) is 1.01. The van der Waals surface area contributed by atoms with Crippen molar-refractivity contribution in [2.24, 2.45) is 17.8 Å². The van der Waals surface area contributed by atoms with Crippen LogP contribution in [0.15, 0.2) is 30.3 Å². The number of benzene rings is 1. The Balaban J connectivity index is 1.74. The average Bonchev–Trinajstić information content (AvgIpc) is 3.62. The Hall–Kier alpha value is -3.26. The Morgan fingerprint density at radius 3 is 2.23 bits per heavy atom. The number of aliphatic hydroxyl groups excluding tert-OH is 1. The summed E-state index contributed by atoms with van der Waals surface area (Å²) >= 11 is 0. The van der Waals surface area contributed by atoms with Crippen molar-refractivity contribution in [3.8, 4) is 0 Å². The molecule has 2 aliphatic heterocycles. The first-order chi connectivity index (χ1) is 25.2. The standard InChI is InChI=1S/C40H68N6O7/c1-11-27(4)36(44(8)39(50)35(26(2)3)42-40(51)45-21-20-43(7)24-28(45)5)33(52-9)23-34(48)46-19-15-18-32(46)37(53-10)29(6)38(49)41-31(25-47)22-30-16-13-12-14-17-30/h12-14,16-17,26-29,31-33,35-37,47H,11,15,18-25H2,1-10H3,(H,41,49)(H,42,51)/t27-,28+,29+,31-,32-,33+,35-,36-,37+/m0/s1. The second-order valence-corrected chi connectivity index (χ2v) is 15.6. The summed E-state index contributed by atoms with van der Waals surface area (Å²) in [6.07, 6.45) is 1.56. The van der Waals surface area contributed by atoms with Crippen LogP contribution < -0.4 is 10.6 Å². The van der Waals surface area contributed by atoms with Crippen LogP contribution in [0.5, 0.6) is 0 Å². The number of hydrogen-bond donors (Lipinski definition) is 3. The van der Waals surface area contributed by atoms with Gasteiger partial charge in [-0.3, -0.25) is 14.4 Å². The molecule has 1 aromatic rings. The molecule has 0 spiro atoms. The van der Waals surface area contributed by atoms with Gasteiger partial charge in [-0.1, -0.05) is 71.4 Å². The number of likely N-dealkylation sites (tertiary alicyclic amines) is 1. The Morgan fingerprint density at radius 2 is 1.66 bits per heavy atom. The molecule has 13 nitrogen and oxygen atoms in total. The molecule has 0 saturated carbocycles. The maximum Gasteiger partial charge on any atom is 0.318 e. The quantitative estimate of drug-likeness (QED) is 0.208. The third-order valence-electron chi connectivity index (χ3n) is 11.5. The molecule has 2 heterocycles. The smallest absolute Gasteiger partial charge is 0.318 e. The molecule has 0 bridgehead atoms. The van der Waals surface area contributed by atoms with Gasteiger partial charge in [-0.05, 0) is 50.6 Å². The number of amides is 5. The molecule has 2 fully saturated rings. The lowest BCUT2D eigenvalue weighted by molar-refractivity contribution is -0.147. The van der Waals surface area contributed by atoms with Gasteiger partial charge in [0.25, 0.3) is 0 Å². The number of rotatable bonds is 18. The molecule has 0 radical (unpaired) electrons. The zero-order chi connectivity index (χ0) is 39.4. The molecule has 0 aliphatic carbocycles. The minimum atomic E-state index is -0.754. The topological polar surface area (TPSA) is 144 Å². The van der Waals surface area contributed by atoms with Crippen molar-refractivity contribution in [3.63, 3.8) is 0 Å². The molecule has 53 heavy (non-hydrogen) atoms. The number of methoxy groups -OCH3 is 2. The van der Waals surface area contributed by atoms with Gasteiger partial charge in [-0.25, -0.2) is 4.79 Å². The van der Waals surface area contributed by atoms with Gasteiger partial charge in [0.05, 0.1) is 49.3 Å². The fraction of sp³-hybridized carbons (Fsp3) is 0.750. The number of piperazine rings is 1. The van der Waals surface area contributed by atoms with Gasteiger partial charge < -0.3 is 44.8 Å². The first-order valence-corrected chi connectivity index (χ1v) is 19.5. The van der Waals surface area contributed by atoms with Crippen LogP contribution in [0.3, 0.4) is 0 Å². The maximum absolute atomic E-state index is 14.2. The number of aliphatic hydroxyl groups is 1. The lowest BCUT2D eigenvalue weighted by Crippen LogP contribution is -2.61. The van der Waals surface area contributed by atoms with E-state index < -0.39 is 36.3 Å². The summed E-state index contributed by atoms with van der Waals surface area (Å²) < 4.78 is 12.0. The van der Waals surface area contributed by atoms with Crippen LogP contribution >= 0.6 is 0 Å². The highest BCUT2D eigenvalue weighted by molar-refractivity contribution is 5.88. The minimum absolute atomic E-state index is 0.0111. The van der Waals surface area contributed by atoms with Gasteiger partial charge in [0.2, 0.25) is 17.7 Å². The van der Waals surface area contributed by atoms with E-state index in [0.29, 0.717) is 25.9 Å². The number of ether oxygens (including phenoxy) is 2. The average molecular weight is 745 g/mol. The second-order valence-electron chi connectivity index (χ2n) is 15.6. The van der Waals surface area contributed by atoms with Crippen molar-refractivity contribution in [3.05, 3.63) is 35.9 Å². The van der Waals surface area contributed by atoms with Gasteiger partial charge in [-0.2, -0.15) is 0 Å². The van der Waals surface area contributed by atoms with Crippen LogP contribution in [0.1, 0.15) is 72.8 Å². The molecule has 13 heteroatoms. The second kappa shape index (κ2) is 21.0. The van der Waals surface area contributed by atoms with Crippen molar-refractivity contribution >= 4 is 23.8 Å². The molecular weight excluding hydrogens is 676 g/mol. The van der Waals surface area contributed by atoms with Crippen LogP contribution in [0.4, 0.5) is 4.79 Å². The molecule has 5 amide bonds. The number of nitrogens with one attached hydrogen (secondary N) is 2. The number of nitrogens with zero attached hydrogens (tertiary/aromatic N) is 4. The van der Waals surface area contributed by atoms with E-state index in [1.807, 2.05) is 65.1 Å². The Labute approximate surface area is 318 Å². The SMILES string of the molecule is CC[C@H](C)[C@@H]([C@@H](CC(=O)N1CCC[C@H]1[C@H](OC)[C@@H](C)C(=O)N[C@H](CO)Cc1ccccc1)OC)N(C)C(=O)[C@@H](NC(=O)N1CCN(C)C[C@H]1C)C(C)C. The fourth-order valence-corrected chi connectivity index (χ4v) is 8.09. The van der Waals surface area contributed by atoms with Crippen LogP contribution in [0.2, 0.25) is 0 Å². The molecule has 0 unspecified atom stereocenters. The third kappa shape index (κ3) is 11.6. The van der Waals surface area contributed by atoms with Crippen LogP contribution in [-0.4, -0.2) is 152 Å². The van der Waals surface area contributed by atoms with E-state index in [0.717, 1.165) is 31.5 Å². The van der Waals surface area contributed by atoms with Crippen molar-refractivity contribution in [1.29, 1.82) is 0 Å². The zero-order valence-electron chi connectivity index (χ0n) is 33.9. The minimum Gasteiger partial charge on any atom is -0.394 e. The zero-order valence-corrected chi connectivity index (χ0v) is 33.9. The normalized spacial score (nSPS) is 22.0. The van der Waals surface area contributed by atoms with E-state index in [4.69, 9.17) is 9.47 Å². The predicted octanol–water partition coefficient (Wildman–Crippen LogP) is 3.00. The van der Waals surface area contributed by atoms with Crippen LogP contribution in [0.25, 0.3) is 0 Å². The fourth-order valence-electron chi connectivity index (χ4n) is 8.09. The lowest BCUT2D eigenvalue weighted by atomic mass is 9.89. The number of hydrogen-bond acceptors (Lipinski definition) is 8. The molecule has 300 valence electrons. The largest absolute Gasteiger partial charge is 0.394 e. The first-order valence-electron chi connectivity index (χ1n) is 19.5. The summed E-state index contributed by atoms with van der Waals surface area (Å²) in [4.78, 5) is 62.8. The molecular formula is C40H68N6O7. The summed E-state index contributed by atoms with van der Waals surface area (Å²) in [5, 5.41) is 16.1. The number of carbonyl (C=O) groups is 4. The number of likely N-dealkylation sites (N-methyl/N-ethyl adjacent to an activating group) is 2. The van der Waals surface area contributed by atoms with Crippen molar-refractivity contribution in [2.75, 3.05) is 61.1 Å². The third-order valence-corrected chi connectivity index (χ3v) is 11.5. The molecule has 2 saturated heterocycles. The predicted molar refractivity (Wildman–Crippen MR) is 206 cm³/mol. The summed E-state index contributed by atoms with van der Waals surface area (Å²) in [7, 11) is 6.91. The van der Waals surface area contributed by atoms with Gasteiger partial charge in [0.1, 0.15) is 6.04 Å². The van der Waals surface area contributed by atoms with E-state index >= 15 is 0 Å². The van der Waals surface area contributed by atoms with Crippen molar-refractivity contribution < 1.29 is 33.8 Å². The maximum atomic E-state index is 14.2. The number of urea groups is 1. The van der Waals surface area contributed by atoms with E-state index in [2.05, 4.69) is 22.5 Å². The van der Waals surface area contributed by atoms with Gasteiger partial charge in [0, 0.05) is 53.5 Å². The lowest BCUT2D eigenvalue weighted by Gasteiger charge is -2.42.